The number of aromatic nitrogens is 1. The van der Waals surface area contributed by atoms with Crippen LogP contribution in [0.2, 0.25) is 0 Å². The number of nitrogens with two attached hydrogens (primary N) is 1. The Morgan fingerprint density at radius 1 is 1.75 bits per heavy atom. The summed E-state index contributed by atoms with van der Waals surface area (Å²) in [7, 11) is 1.54. The molecule has 0 saturated heterocycles. The number of pyridine rings is 1. The number of halogens is 1. The molecule has 1 heterocycles. The third-order valence-corrected chi connectivity index (χ3v) is 1.92. The minimum Gasteiger partial charge on any atom is -0.397 e. The van der Waals surface area contributed by atoms with E-state index in [2.05, 4.69) is 32.9 Å². The standard InChI is InChI=1S/C7H8IN3O/c1-10-7(12)6-5(9)2-4(8)3-11-6/h2-3H,9H2,1H3,(H,10,12). The van der Waals surface area contributed by atoms with Gasteiger partial charge in [0.05, 0.1) is 5.69 Å². The molecule has 0 aliphatic heterocycles. The molecule has 1 aromatic heterocycles. The maximum absolute atomic E-state index is 11.1. The van der Waals surface area contributed by atoms with Crippen LogP contribution < -0.4 is 11.1 Å². The summed E-state index contributed by atoms with van der Waals surface area (Å²) in [5, 5.41) is 2.46. The summed E-state index contributed by atoms with van der Waals surface area (Å²) in [6.45, 7) is 0. The summed E-state index contributed by atoms with van der Waals surface area (Å²) in [6.07, 6.45) is 1.60. The maximum atomic E-state index is 11.1. The normalized spacial score (nSPS) is 9.50. The Labute approximate surface area is 83.7 Å². The first-order chi connectivity index (χ1) is 5.65. The Balaban J connectivity index is 3.09. The van der Waals surface area contributed by atoms with Gasteiger partial charge < -0.3 is 11.1 Å². The first-order valence-corrected chi connectivity index (χ1v) is 4.36. The highest BCUT2D eigenvalue weighted by molar-refractivity contribution is 14.1. The molecule has 5 heteroatoms. The predicted octanol–water partition coefficient (Wildman–Crippen LogP) is 0.628. The number of anilines is 1. The Morgan fingerprint density at radius 3 is 2.92 bits per heavy atom. The molecule has 0 fully saturated rings. The molecule has 0 bridgehead atoms. The lowest BCUT2D eigenvalue weighted by molar-refractivity contribution is 0.0959. The van der Waals surface area contributed by atoms with Crippen molar-refractivity contribution in [3.05, 3.63) is 21.5 Å². The van der Waals surface area contributed by atoms with Gasteiger partial charge in [-0.25, -0.2) is 4.98 Å². The van der Waals surface area contributed by atoms with Gasteiger partial charge in [-0.15, -0.1) is 0 Å². The topological polar surface area (TPSA) is 68.0 Å². The molecule has 3 N–H and O–H groups in total. The van der Waals surface area contributed by atoms with Crippen LogP contribution in [0.4, 0.5) is 5.69 Å². The summed E-state index contributed by atoms with van der Waals surface area (Å²) in [4.78, 5) is 15.0. The van der Waals surface area contributed by atoms with Crippen molar-refractivity contribution in [2.45, 2.75) is 0 Å². The van der Waals surface area contributed by atoms with Crippen LogP contribution in [0.3, 0.4) is 0 Å². The largest absolute Gasteiger partial charge is 0.397 e. The lowest BCUT2D eigenvalue weighted by Gasteiger charge is -2.02. The van der Waals surface area contributed by atoms with Crippen LogP contribution in [-0.2, 0) is 0 Å². The zero-order valence-electron chi connectivity index (χ0n) is 6.47. The van der Waals surface area contributed by atoms with Gasteiger partial charge in [0.25, 0.3) is 5.91 Å². The van der Waals surface area contributed by atoms with Gasteiger partial charge >= 0.3 is 0 Å². The van der Waals surface area contributed by atoms with E-state index in [4.69, 9.17) is 5.73 Å². The van der Waals surface area contributed by atoms with Gasteiger partial charge in [0.1, 0.15) is 0 Å². The highest BCUT2D eigenvalue weighted by atomic mass is 127. The molecular weight excluding hydrogens is 269 g/mol. The number of amides is 1. The second kappa shape index (κ2) is 3.70. The summed E-state index contributed by atoms with van der Waals surface area (Å²) in [6, 6.07) is 1.71. The van der Waals surface area contributed by atoms with Gasteiger partial charge in [-0.3, -0.25) is 4.79 Å². The summed E-state index contributed by atoms with van der Waals surface area (Å²) >= 11 is 2.08. The van der Waals surface area contributed by atoms with Crippen molar-refractivity contribution in [3.8, 4) is 0 Å². The van der Waals surface area contributed by atoms with E-state index in [0.29, 0.717) is 5.69 Å². The molecule has 0 aromatic carbocycles. The number of nitrogens with zero attached hydrogens (tertiary/aromatic N) is 1. The SMILES string of the molecule is CNC(=O)c1ncc(I)cc1N. The number of carbonyl (C=O) groups excluding carboxylic acids is 1. The number of nitrogen functional groups attached to an aromatic ring is 1. The Morgan fingerprint density at radius 2 is 2.42 bits per heavy atom. The summed E-state index contributed by atoms with van der Waals surface area (Å²) in [5.41, 5.74) is 6.25. The second-order valence-electron chi connectivity index (χ2n) is 2.17. The Bertz CT molecular complexity index is 314. The summed E-state index contributed by atoms with van der Waals surface area (Å²) in [5.74, 6) is -0.260. The number of nitrogens with one attached hydrogen (secondary N) is 1. The van der Waals surface area contributed by atoms with Crippen LogP contribution in [-0.4, -0.2) is 17.9 Å². The van der Waals surface area contributed by atoms with Crippen LogP contribution in [0.5, 0.6) is 0 Å². The van der Waals surface area contributed by atoms with E-state index in [0.717, 1.165) is 3.57 Å². The molecule has 4 nitrogen and oxygen atoms in total. The Hall–Kier alpha value is -0.850. The molecule has 0 atom stereocenters. The van der Waals surface area contributed by atoms with Crippen molar-refractivity contribution in [2.75, 3.05) is 12.8 Å². The average molecular weight is 277 g/mol. The van der Waals surface area contributed by atoms with Crippen molar-refractivity contribution in [3.63, 3.8) is 0 Å². The van der Waals surface area contributed by atoms with Crippen molar-refractivity contribution in [2.24, 2.45) is 0 Å². The first-order valence-electron chi connectivity index (χ1n) is 3.28. The zero-order chi connectivity index (χ0) is 9.14. The van der Waals surface area contributed by atoms with E-state index in [9.17, 15) is 4.79 Å². The van der Waals surface area contributed by atoms with Gasteiger partial charge in [0, 0.05) is 16.8 Å². The van der Waals surface area contributed by atoms with Gasteiger partial charge in [-0.2, -0.15) is 0 Å². The highest BCUT2D eigenvalue weighted by Crippen LogP contribution is 2.12. The average Bonchev–Trinajstić information content (AvgIpc) is 2.03. The number of hydrogen-bond donors (Lipinski definition) is 2. The van der Waals surface area contributed by atoms with E-state index < -0.39 is 0 Å². The smallest absolute Gasteiger partial charge is 0.271 e. The van der Waals surface area contributed by atoms with Crippen molar-refractivity contribution >= 4 is 34.2 Å². The number of carbonyl (C=O) groups is 1. The molecule has 0 aliphatic rings. The van der Waals surface area contributed by atoms with Gasteiger partial charge in [0.15, 0.2) is 5.69 Å². The minimum atomic E-state index is -0.260. The number of rotatable bonds is 1. The van der Waals surface area contributed by atoms with Gasteiger partial charge in [-0.05, 0) is 28.7 Å². The third kappa shape index (κ3) is 1.84. The molecule has 1 rings (SSSR count). The van der Waals surface area contributed by atoms with E-state index in [1.54, 1.807) is 19.3 Å². The molecule has 0 radical (unpaired) electrons. The summed E-state index contributed by atoms with van der Waals surface area (Å²) < 4.78 is 0.915. The monoisotopic (exact) mass is 277 g/mol. The molecule has 1 aromatic rings. The fourth-order valence-corrected chi connectivity index (χ4v) is 1.24. The van der Waals surface area contributed by atoms with Crippen molar-refractivity contribution < 1.29 is 4.79 Å². The lowest BCUT2D eigenvalue weighted by atomic mass is 10.3. The van der Waals surface area contributed by atoms with E-state index in [1.807, 2.05) is 0 Å². The van der Waals surface area contributed by atoms with Crippen LogP contribution in [0, 0.1) is 3.57 Å². The third-order valence-electron chi connectivity index (χ3n) is 1.33. The van der Waals surface area contributed by atoms with Crippen LogP contribution >= 0.6 is 22.6 Å². The fraction of sp³-hybridized carbons (Fsp3) is 0.143. The van der Waals surface area contributed by atoms with Gasteiger partial charge in [0.2, 0.25) is 0 Å². The van der Waals surface area contributed by atoms with Gasteiger partial charge in [-0.1, -0.05) is 0 Å². The second-order valence-corrected chi connectivity index (χ2v) is 3.42. The highest BCUT2D eigenvalue weighted by Gasteiger charge is 2.08. The quantitative estimate of drug-likeness (QED) is 0.740. The fourth-order valence-electron chi connectivity index (χ4n) is 0.763. The first kappa shape index (κ1) is 9.24. The Kier molecular flexibility index (Phi) is 2.85. The molecular formula is C7H8IN3O. The van der Waals surface area contributed by atoms with E-state index >= 15 is 0 Å². The van der Waals surface area contributed by atoms with Crippen LogP contribution in [0.1, 0.15) is 10.5 Å². The van der Waals surface area contributed by atoms with Crippen molar-refractivity contribution in [1.82, 2.24) is 10.3 Å². The molecule has 0 spiro atoms. The van der Waals surface area contributed by atoms with E-state index in [-0.39, 0.29) is 11.6 Å². The molecule has 0 aliphatic carbocycles. The predicted molar refractivity (Wildman–Crippen MR) is 54.8 cm³/mol. The number of hydrogen-bond acceptors (Lipinski definition) is 3. The van der Waals surface area contributed by atoms with Crippen molar-refractivity contribution in [1.29, 1.82) is 0 Å². The zero-order valence-corrected chi connectivity index (χ0v) is 8.62. The lowest BCUT2D eigenvalue weighted by Crippen LogP contribution is -2.20. The van der Waals surface area contributed by atoms with Crippen LogP contribution in [0.25, 0.3) is 0 Å². The van der Waals surface area contributed by atoms with E-state index in [1.165, 1.54) is 0 Å². The minimum absolute atomic E-state index is 0.260. The molecule has 1 amide bonds. The molecule has 12 heavy (non-hydrogen) atoms. The maximum Gasteiger partial charge on any atom is 0.271 e. The molecule has 0 unspecified atom stereocenters. The molecule has 64 valence electrons. The van der Waals surface area contributed by atoms with Crippen LogP contribution in [0.15, 0.2) is 12.3 Å². The molecule has 0 saturated carbocycles.